The molecule has 1 aliphatic rings. The van der Waals surface area contributed by atoms with E-state index in [0.717, 1.165) is 18.2 Å². The fourth-order valence-corrected chi connectivity index (χ4v) is 9.60. The first-order valence-corrected chi connectivity index (χ1v) is 12.8. The van der Waals surface area contributed by atoms with Gasteiger partial charge < -0.3 is 14.4 Å². The minimum absolute atomic E-state index is 0.0617. The van der Waals surface area contributed by atoms with Crippen molar-refractivity contribution in [3.63, 3.8) is 0 Å². The van der Waals surface area contributed by atoms with Gasteiger partial charge in [0.1, 0.15) is 0 Å². The van der Waals surface area contributed by atoms with Crippen molar-refractivity contribution in [3.05, 3.63) is 71.7 Å². The third-order valence-corrected chi connectivity index (χ3v) is 11.6. The Morgan fingerprint density at radius 3 is 2.03 bits per heavy atom. The SMILES string of the molecule is CC(C)(C)[Si](OC1CN(c2nc(C(=O)O)cs2)C1)(c1ccccc1)c1ccccc1. The molecule has 0 atom stereocenters. The summed E-state index contributed by atoms with van der Waals surface area (Å²) < 4.78 is 7.07. The second-order valence-corrected chi connectivity index (χ2v) is 13.7. The lowest BCUT2D eigenvalue weighted by Gasteiger charge is -2.49. The van der Waals surface area contributed by atoms with Gasteiger partial charge in [-0.25, -0.2) is 9.78 Å². The van der Waals surface area contributed by atoms with Crippen molar-refractivity contribution in [2.24, 2.45) is 0 Å². The summed E-state index contributed by atoms with van der Waals surface area (Å²) >= 11 is 1.37. The van der Waals surface area contributed by atoms with Crippen LogP contribution in [0.15, 0.2) is 66.0 Å². The standard InChI is InChI=1S/C23H26N2O3SSi/c1-23(2,3)30(18-10-6-4-7-11-18,19-12-8-5-9-13-19)28-17-14-25(15-17)22-24-20(16-29-22)21(26)27/h4-13,16-17H,14-15H2,1-3H3,(H,26,27). The fraction of sp³-hybridized carbons (Fsp3) is 0.304. The molecule has 0 amide bonds. The van der Waals surface area contributed by atoms with E-state index in [1.807, 2.05) is 12.1 Å². The first kappa shape index (κ1) is 20.8. The number of rotatable bonds is 6. The molecule has 2 heterocycles. The van der Waals surface area contributed by atoms with E-state index in [9.17, 15) is 4.79 Å². The molecule has 5 nitrogen and oxygen atoms in total. The molecule has 0 saturated carbocycles. The monoisotopic (exact) mass is 438 g/mol. The fourth-order valence-electron chi connectivity index (χ4n) is 4.12. The van der Waals surface area contributed by atoms with Gasteiger partial charge in [0.25, 0.3) is 8.32 Å². The highest BCUT2D eigenvalue weighted by molar-refractivity contribution is 7.14. The Balaban J connectivity index is 1.64. The Kier molecular flexibility index (Phi) is 5.53. The summed E-state index contributed by atoms with van der Waals surface area (Å²) in [6.45, 7) is 8.26. The van der Waals surface area contributed by atoms with E-state index in [2.05, 4.69) is 79.2 Å². The van der Waals surface area contributed by atoms with Crippen LogP contribution < -0.4 is 15.3 Å². The van der Waals surface area contributed by atoms with Crippen LogP contribution in [-0.4, -0.2) is 43.6 Å². The van der Waals surface area contributed by atoms with Gasteiger partial charge in [-0.3, -0.25) is 0 Å². The molecular weight excluding hydrogens is 412 g/mol. The molecule has 0 unspecified atom stereocenters. The van der Waals surface area contributed by atoms with Gasteiger partial charge >= 0.3 is 5.97 Å². The normalized spacial score (nSPS) is 15.1. The molecule has 0 aliphatic carbocycles. The zero-order valence-electron chi connectivity index (χ0n) is 17.4. The Bertz CT molecular complexity index is 972. The van der Waals surface area contributed by atoms with Gasteiger partial charge in [-0.1, -0.05) is 81.4 Å². The van der Waals surface area contributed by atoms with E-state index in [4.69, 9.17) is 9.53 Å². The predicted octanol–water partition coefficient (Wildman–Crippen LogP) is 3.61. The molecule has 156 valence electrons. The van der Waals surface area contributed by atoms with Crippen molar-refractivity contribution in [2.75, 3.05) is 18.0 Å². The first-order chi connectivity index (χ1) is 14.3. The minimum Gasteiger partial charge on any atom is -0.476 e. The molecule has 1 aromatic heterocycles. The van der Waals surface area contributed by atoms with Gasteiger partial charge in [0.05, 0.1) is 6.10 Å². The maximum Gasteiger partial charge on any atom is 0.355 e. The van der Waals surface area contributed by atoms with Crippen molar-refractivity contribution in [2.45, 2.75) is 31.9 Å². The van der Waals surface area contributed by atoms with E-state index in [1.165, 1.54) is 21.7 Å². The number of thiazole rings is 1. The highest BCUT2D eigenvalue weighted by atomic mass is 32.1. The van der Waals surface area contributed by atoms with Crippen LogP contribution >= 0.6 is 11.3 Å². The van der Waals surface area contributed by atoms with Crippen molar-refractivity contribution in [1.82, 2.24) is 4.98 Å². The van der Waals surface area contributed by atoms with Crippen LogP contribution in [0.1, 0.15) is 31.3 Å². The number of anilines is 1. The largest absolute Gasteiger partial charge is 0.476 e. The molecule has 2 aromatic carbocycles. The zero-order chi connectivity index (χ0) is 21.4. The Morgan fingerprint density at radius 2 is 1.60 bits per heavy atom. The van der Waals surface area contributed by atoms with Crippen LogP contribution in [0, 0.1) is 0 Å². The van der Waals surface area contributed by atoms with E-state index >= 15 is 0 Å². The van der Waals surface area contributed by atoms with Gasteiger partial charge in [-0.15, -0.1) is 11.3 Å². The van der Waals surface area contributed by atoms with Crippen molar-refractivity contribution in [1.29, 1.82) is 0 Å². The van der Waals surface area contributed by atoms with Crippen LogP contribution in [-0.2, 0) is 4.43 Å². The molecule has 1 fully saturated rings. The smallest absolute Gasteiger partial charge is 0.355 e. The molecule has 0 bridgehead atoms. The Hall–Kier alpha value is -2.48. The molecule has 0 radical (unpaired) electrons. The third-order valence-electron chi connectivity index (χ3n) is 5.59. The van der Waals surface area contributed by atoms with Crippen molar-refractivity contribution >= 4 is 41.1 Å². The summed E-state index contributed by atoms with van der Waals surface area (Å²) in [5.74, 6) is -0.988. The van der Waals surface area contributed by atoms with Crippen LogP contribution in [0.25, 0.3) is 0 Å². The summed E-state index contributed by atoms with van der Waals surface area (Å²) in [5.41, 5.74) is 0.103. The van der Waals surface area contributed by atoms with E-state index < -0.39 is 14.3 Å². The van der Waals surface area contributed by atoms with Gasteiger partial charge in [0.2, 0.25) is 0 Å². The third kappa shape index (κ3) is 3.68. The second-order valence-electron chi connectivity index (χ2n) is 8.63. The van der Waals surface area contributed by atoms with Crippen molar-refractivity contribution < 1.29 is 14.3 Å². The minimum atomic E-state index is -2.56. The quantitative estimate of drug-likeness (QED) is 0.596. The number of carbonyl (C=O) groups is 1. The average molecular weight is 439 g/mol. The summed E-state index contributed by atoms with van der Waals surface area (Å²) in [6, 6.07) is 21.2. The topological polar surface area (TPSA) is 62.7 Å². The summed E-state index contributed by atoms with van der Waals surface area (Å²) in [7, 11) is -2.56. The first-order valence-electron chi connectivity index (χ1n) is 10.0. The van der Waals surface area contributed by atoms with E-state index in [1.54, 1.807) is 5.38 Å². The predicted molar refractivity (Wildman–Crippen MR) is 124 cm³/mol. The molecule has 7 heteroatoms. The molecule has 3 aromatic rings. The lowest BCUT2D eigenvalue weighted by Crippen LogP contribution is -2.70. The summed E-state index contributed by atoms with van der Waals surface area (Å²) in [6.07, 6.45) is 0.0773. The highest BCUT2D eigenvalue weighted by Gasteiger charge is 2.52. The molecule has 4 rings (SSSR count). The van der Waals surface area contributed by atoms with E-state index in [0.29, 0.717) is 0 Å². The highest BCUT2D eigenvalue weighted by Crippen LogP contribution is 2.39. The number of carboxylic acids is 1. The molecule has 30 heavy (non-hydrogen) atoms. The van der Waals surface area contributed by atoms with Gasteiger partial charge in [-0.05, 0) is 15.4 Å². The number of nitrogens with zero attached hydrogens (tertiary/aromatic N) is 2. The zero-order valence-corrected chi connectivity index (χ0v) is 19.2. The number of aromatic carboxylic acids is 1. The van der Waals surface area contributed by atoms with Gasteiger partial charge in [0, 0.05) is 18.5 Å². The molecule has 1 aliphatic heterocycles. The maximum absolute atomic E-state index is 11.1. The Labute approximate surface area is 182 Å². The number of hydrogen-bond acceptors (Lipinski definition) is 5. The lowest BCUT2D eigenvalue weighted by molar-refractivity contribution is 0.0691. The molecule has 1 saturated heterocycles. The lowest BCUT2D eigenvalue weighted by atomic mass is 10.2. The Morgan fingerprint density at radius 1 is 1.07 bits per heavy atom. The van der Waals surface area contributed by atoms with Crippen LogP contribution in [0.3, 0.4) is 0 Å². The van der Waals surface area contributed by atoms with Gasteiger partial charge in [0.15, 0.2) is 10.8 Å². The summed E-state index contributed by atoms with van der Waals surface area (Å²) in [5, 5.41) is 13.9. The molecular formula is C23H26N2O3SSi. The van der Waals surface area contributed by atoms with Crippen LogP contribution in [0.2, 0.25) is 5.04 Å². The van der Waals surface area contributed by atoms with E-state index in [-0.39, 0.29) is 16.8 Å². The maximum atomic E-state index is 11.1. The molecule has 1 N–H and O–H groups in total. The number of carboxylic acid groups (broad SMARTS) is 1. The molecule has 0 spiro atoms. The number of benzene rings is 2. The van der Waals surface area contributed by atoms with Gasteiger partial charge in [-0.2, -0.15) is 0 Å². The van der Waals surface area contributed by atoms with Crippen molar-refractivity contribution in [3.8, 4) is 0 Å². The average Bonchev–Trinajstić information content (AvgIpc) is 3.18. The van der Waals surface area contributed by atoms with Crippen LogP contribution in [0.4, 0.5) is 5.13 Å². The second kappa shape index (κ2) is 7.98. The number of hydrogen-bond donors (Lipinski definition) is 1. The summed E-state index contributed by atoms with van der Waals surface area (Å²) in [4.78, 5) is 17.5. The number of aromatic nitrogens is 1. The van der Waals surface area contributed by atoms with Crippen LogP contribution in [0.5, 0.6) is 0 Å².